The van der Waals surface area contributed by atoms with Gasteiger partial charge in [-0.25, -0.2) is 4.98 Å². The largest absolute Gasteiger partial charge is 0.390 e. The highest BCUT2D eigenvalue weighted by molar-refractivity contribution is 6.06. The van der Waals surface area contributed by atoms with Crippen LogP contribution in [-0.4, -0.2) is 43.2 Å². The SMILES string of the molecule is Cc1cc(NC(=O)c2c(C)c(C(O)C(=O)NC3C4CC5C[C@H]3CC(O)(C5)C4)n(C)c2C)cnc1F. The number of nitrogens with zero attached hydrogens (tertiary/aromatic N) is 2. The van der Waals surface area contributed by atoms with Crippen LogP contribution < -0.4 is 10.6 Å². The molecule has 0 radical (unpaired) electrons. The highest BCUT2D eigenvalue weighted by atomic mass is 19.1. The topological polar surface area (TPSA) is 116 Å². The first kappa shape index (κ1) is 23.9. The standard InChI is InChI=1S/C26H33FN4O4/c1-12-5-18(11-28-23(12)27)29-24(33)19-13(2)21(31(4)14(19)3)22(32)25(34)30-20-16-6-15-7-17(20)10-26(35,8-15)9-16/h5,11,15-17,20,22,32,35H,6-10H2,1-4H3,(H,29,33)(H,30,34)/t15?,16-,17?,20?,22?,26?/m0/s1. The van der Waals surface area contributed by atoms with Gasteiger partial charge >= 0.3 is 0 Å². The Kier molecular flexibility index (Phi) is 5.75. The minimum Gasteiger partial charge on any atom is -0.390 e. The molecule has 4 N–H and O–H groups in total. The molecule has 4 aliphatic carbocycles. The van der Waals surface area contributed by atoms with E-state index in [2.05, 4.69) is 15.6 Å². The number of carbonyl (C=O) groups excluding carboxylic acids is 2. The zero-order chi connectivity index (χ0) is 25.2. The van der Waals surface area contributed by atoms with Gasteiger partial charge in [0.05, 0.1) is 28.7 Å². The van der Waals surface area contributed by atoms with E-state index in [1.54, 1.807) is 32.4 Å². The summed E-state index contributed by atoms with van der Waals surface area (Å²) in [6, 6.07) is 1.45. The van der Waals surface area contributed by atoms with E-state index < -0.39 is 29.5 Å². The predicted octanol–water partition coefficient (Wildman–Crippen LogP) is 2.83. The normalized spacial score (nSPS) is 29.8. The van der Waals surface area contributed by atoms with E-state index in [-0.39, 0.29) is 17.9 Å². The Morgan fingerprint density at radius 1 is 1.20 bits per heavy atom. The van der Waals surface area contributed by atoms with Gasteiger partial charge in [0.25, 0.3) is 11.8 Å². The molecule has 4 saturated carbocycles. The third-order valence-corrected chi connectivity index (χ3v) is 8.54. The number of aliphatic hydroxyl groups excluding tert-OH is 1. The van der Waals surface area contributed by atoms with Crippen molar-refractivity contribution in [2.45, 2.75) is 70.6 Å². The van der Waals surface area contributed by atoms with Crippen LogP contribution in [0, 0.1) is 44.5 Å². The van der Waals surface area contributed by atoms with Crippen molar-refractivity contribution in [3.05, 3.63) is 46.3 Å². The summed E-state index contributed by atoms with van der Waals surface area (Å²) in [5.41, 5.74) is 1.91. The molecule has 5 unspecified atom stereocenters. The van der Waals surface area contributed by atoms with Crippen LogP contribution in [-0.2, 0) is 11.8 Å². The van der Waals surface area contributed by atoms with Crippen molar-refractivity contribution in [3.8, 4) is 0 Å². The Balaban J connectivity index is 1.34. The first-order chi connectivity index (χ1) is 16.5. The number of amides is 2. The van der Waals surface area contributed by atoms with Gasteiger partial charge < -0.3 is 25.4 Å². The molecule has 35 heavy (non-hydrogen) atoms. The number of nitrogens with one attached hydrogen (secondary N) is 2. The van der Waals surface area contributed by atoms with Crippen molar-refractivity contribution in [1.29, 1.82) is 0 Å². The van der Waals surface area contributed by atoms with Crippen LogP contribution in [0.2, 0.25) is 0 Å². The monoisotopic (exact) mass is 484 g/mol. The molecule has 4 aliphatic rings. The summed E-state index contributed by atoms with van der Waals surface area (Å²) in [5, 5.41) is 27.7. The Morgan fingerprint density at radius 2 is 1.86 bits per heavy atom. The van der Waals surface area contributed by atoms with Crippen molar-refractivity contribution < 1.29 is 24.2 Å². The molecule has 4 bridgehead atoms. The molecule has 2 amide bonds. The summed E-state index contributed by atoms with van der Waals surface area (Å²) in [7, 11) is 1.72. The summed E-state index contributed by atoms with van der Waals surface area (Å²) in [6.45, 7) is 5.02. The molecule has 6 atom stereocenters. The van der Waals surface area contributed by atoms with Crippen LogP contribution in [0.1, 0.15) is 71.1 Å². The quantitative estimate of drug-likeness (QED) is 0.487. The number of rotatable bonds is 5. The van der Waals surface area contributed by atoms with E-state index in [0.717, 1.165) is 19.3 Å². The first-order valence-corrected chi connectivity index (χ1v) is 12.3. The van der Waals surface area contributed by atoms with E-state index in [4.69, 9.17) is 0 Å². The van der Waals surface area contributed by atoms with E-state index in [0.29, 0.717) is 52.5 Å². The van der Waals surface area contributed by atoms with Gasteiger partial charge in [-0.2, -0.15) is 4.39 Å². The Bertz CT molecular complexity index is 1190. The van der Waals surface area contributed by atoms with Gasteiger partial charge in [-0.15, -0.1) is 0 Å². The van der Waals surface area contributed by atoms with Gasteiger partial charge in [-0.1, -0.05) is 0 Å². The third kappa shape index (κ3) is 4.04. The van der Waals surface area contributed by atoms with Crippen LogP contribution in [0.15, 0.2) is 12.3 Å². The molecular formula is C26H33FN4O4. The van der Waals surface area contributed by atoms with Crippen LogP contribution in [0.4, 0.5) is 10.1 Å². The number of hydrogen-bond acceptors (Lipinski definition) is 5. The van der Waals surface area contributed by atoms with Gasteiger partial charge in [0, 0.05) is 24.3 Å². The second-order valence-corrected chi connectivity index (χ2v) is 10.9. The smallest absolute Gasteiger partial charge is 0.257 e. The summed E-state index contributed by atoms with van der Waals surface area (Å²) < 4.78 is 15.2. The molecule has 0 saturated heterocycles. The molecule has 6 rings (SSSR count). The second kappa shape index (κ2) is 8.41. The minimum atomic E-state index is -1.43. The summed E-state index contributed by atoms with van der Waals surface area (Å²) in [6.07, 6.45) is 4.09. The van der Waals surface area contributed by atoms with Crippen molar-refractivity contribution in [1.82, 2.24) is 14.9 Å². The number of pyridine rings is 1. The average Bonchev–Trinajstić information content (AvgIpc) is 2.99. The van der Waals surface area contributed by atoms with Crippen molar-refractivity contribution in [3.63, 3.8) is 0 Å². The predicted molar refractivity (Wildman–Crippen MR) is 127 cm³/mol. The van der Waals surface area contributed by atoms with E-state index in [1.165, 1.54) is 12.3 Å². The number of aromatic nitrogens is 2. The number of aryl methyl sites for hydroxylation is 1. The Hall–Kier alpha value is -2.78. The zero-order valence-corrected chi connectivity index (χ0v) is 20.6. The molecular weight excluding hydrogens is 451 g/mol. The second-order valence-electron chi connectivity index (χ2n) is 10.9. The van der Waals surface area contributed by atoms with Crippen molar-refractivity contribution in [2.24, 2.45) is 24.8 Å². The fourth-order valence-electron chi connectivity index (χ4n) is 7.13. The number of anilines is 1. The van der Waals surface area contributed by atoms with E-state index in [9.17, 15) is 24.2 Å². The number of carbonyl (C=O) groups is 2. The molecule has 2 aromatic rings. The molecule has 0 aliphatic heterocycles. The third-order valence-electron chi connectivity index (χ3n) is 8.54. The molecule has 2 heterocycles. The zero-order valence-electron chi connectivity index (χ0n) is 20.6. The minimum absolute atomic E-state index is 0.0485. The van der Waals surface area contributed by atoms with Gasteiger partial charge in [-0.3, -0.25) is 9.59 Å². The lowest BCUT2D eigenvalue weighted by molar-refractivity contribution is -0.150. The average molecular weight is 485 g/mol. The number of aliphatic hydroxyl groups is 2. The molecule has 0 aromatic carbocycles. The highest BCUT2D eigenvalue weighted by Gasteiger charge is 2.55. The fraction of sp³-hybridized carbons (Fsp3) is 0.577. The van der Waals surface area contributed by atoms with Gasteiger partial charge in [0.15, 0.2) is 6.10 Å². The maximum atomic E-state index is 13.5. The lowest BCUT2D eigenvalue weighted by Crippen LogP contribution is -2.62. The van der Waals surface area contributed by atoms with Crippen molar-refractivity contribution in [2.75, 3.05) is 5.32 Å². The Morgan fingerprint density at radius 3 is 2.46 bits per heavy atom. The van der Waals surface area contributed by atoms with Crippen LogP contribution in [0.25, 0.3) is 0 Å². The summed E-state index contributed by atoms with van der Waals surface area (Å²) in [5.74, 6) is -0.519. The van der Waals surface area contributed by atoms with Gasteiger partial charge in [0.2, 0.25) is 5.95 Å². The van der Waals surface area contributed by atoms with Gasteiger partial charge in [-0.05, 0) is 82.3 Å². The van der Waals surface area contributed by atoms with Crippen LogP contribution >= 0.6 is 0 Å². The molecule has 188 valence electrons. The van der Waals surface area contributed by atoms with Crippen LogP contribution in [0.5, 0.6) is 0 Å². The maximum Gasteiger partial charge on any atom is 0.257 e. The number of halogens is 1. The number of hydrogen-bond donors (Lipinski definition) is 4. The molecule has 8 nitrogen and oxygen atoms in total. The molecule has 2 aromatic heterocycles. The lowest BCUT2D eigenvalue weighted by Gasteiger charge is -2.58. The maximum absolute atomic E-state index is 13.5. The summed E-state index contributed by atoms with van der Waals surface area (Å²) in [4.78, 5) is 29.9. The summed E-state index contributed by atoms with van der Waals surface area (Å²) >= 11 is 0. The molecule has 9 heteroatoms. The Labute approximate surface area is 203 Å². The lowest BCUT2D eigenvalue weighted by atomic mass is 9.52. The van der Waals surface area contributed by atoms with Gasteiger partial charge in [0.1, 0.15) is 0 Å². The van der Waals surface area contributed by atoms with E-state index in [1.807, 2.05) is 0 Å². The first-order valence-electron chi connectivity index (χ1n) is 12.3. The van der Waals surface area contributed by atoms with E-state index >= 15 is 0 Å². The highest BCUT2D eigenvalue weighted by Crippen LogP contribution is 2.55. The molecule has 4 fully saturated rings. The van der Waals surface area contributed by atoms with Crippen LogP contribution in [0.3, 0.4) is 0 Å². The fourth-order valence-corrected chi connectivity index (χ4v) is 7.13. The molecule has 0 spiro atoms. The van der Waals surface area contributed by atoms with Crippen molar-refractivity contribution >= 4 is 17.5 Å².